The molecule has 176 valence electrons. The largest absolute Gasteiger partial charge is 0.493 e. The number of benzene rings is 3. The fourth-order valence-corrected chi connectivity index (χ4v) is 4.34. The van der Waals surface area contributed by atoms with Crippen LogP contribution in [-0.2, 0) is 0 Å². The summed E-state index contributed by atoms with van der Waals surface area (Å²) in [6.07, 6.45) is 1.82. The molecule has 0 aromatic heterocycles. The van der Waals surface area contributed by atoms with E-state index in [2.05, 4.69) is 0 Å². The summed E-state index contributed by atoms with van der Waals surface area (Å²) in [5, 5.41) is 0. The van der Waals surface area contributed by atoms with E-state index in [1.807, 2.05) is 0 Å². The average molecular weight is 474 g/mol. The Kier molecular flexibility index (Phi) is 6.41. The van der Waals surface area contributed by atoms with Crippen molar-refractivity contribution in [1.29, 1.82) is 0 Å². The van der Waals surface area contributed by atoms with Crippen LogP contribution in [-0.4, -0.2) is 20.0 Å². The molecule has 0 spiro atoms. The minimum absolute atomic E-state index is 0.263. The third-order valence-electron chi connectivity index (χ3n) is 5.97. The highest BCUT2D eigenvalue weighted by Gasteiger charge is 2.39. The molecular formula is C26H19F5O3. The average Bonchev–Trinajstić information content (AvgIpc) is 3.29. The van der Waals surface area contributed by atoms with Crippen molar-refractivity contribution in [1.82, 2.24) is 0 Å². The Hall–Kier alpha value is -3.68. The minimum Gasteiger partial charge on any atom is -0.493 e. The summed E-state index contributed by atoms with van der Waals surface area (Å²) in [5.41, 5.74) is 0.930. The van der Waals surface area contributed by atoms with Gasteiger partial charge in [0.05, 0.1) is 19.8 Å². The lowest BCUT2D eigenvalue weighted by molar-refractivity contribution is 0.0928. The molecule has 8 heteroatoms. The summed E-state index contributed by atoms with van der Waals surface area (Å²) >= 11 is 0. The molecular weight excluding hydrogens is 455 g/mol. The first kappa shape index (κ1) is 23.5. The maximum Gasteiger partial charge on any atom is 0.198 e. The predicted octanol–water partition coefficient (Wildman–Crippen LogP) is 6.47. The Morgan fingerprint density at radius 2 is 1.59 bits per heavy atom. The molecule has 2 unspecified atom stereocenters. The molecule has 34 heavy (non-hydrogen) atoms. The van der Waals surface area contributed by atoms with Crippen LogP contribution in [0.2, 0.25) is 0 Å². The molecule has 1 aliphatic rings. The normalized spacial score (nSPS) is 17.4. The highest BCUT2D eigenvalue weighted by molar-refractivity contribution is 6.01. The van der Waals surface area contributed by atoms with Crippen molar-refractivity contribution in [2.75, 3.05) is 14.2 Å². The molecule has 1 aliphatic carbocycles. The van der Waals surface area contributed by atoms with E-state index in [-0.39, 0.29) is 6.42 Å². The van der Waals surface area contributed by atoms with Crippen molar-refractivity contribution in [2.24, 2.45) is 5.92 Å². The first-order valence-electron chi connectivity index (χ1n) is 10.3. The molecule has 0 amide bonds. The molecule has 3 nitrogen and oxygen atoms in total. The van der Waals surface area contributed by atoms with Crippen LogP contribution in [0.1, 0.15) is 33.8 Å². The number of para-hydroxylation sites is 1. The second kappa shape index (κ2) is 9.29. The zero-order chi connectivity index (χ0) is 24.6. The van der Waals surface area contributed by atoms with Gasteiger partial charge in [0.25, 0.3) is 0 Å². The molecule has 0 aliphatic heterocycles. The summed E-state index contributed by atoms with van der Waals surface area (Å²) in [7, 11) is 2.87. The van der Waals surface area contributed by atoms with Crippen LogP contribution in [0.3, 0.4) is 0 Å². The van der Waals surface area contributed by atoms with Crippen LogP contribution in [0.5, 0.6) is 11.5 Å². The van der Waals surface area contributed by atoms with Gasteiger partial charge in [-0.2, -0.15) is 0 Å². The van der Waals surface area contributed by atoms with Crippen molar-refractivity contribution in [3.8, 4) is 11.5 Å². The van der Waals surface area contributed by atoms with Gasteiger partial charge in [-0.3, -0.25) is 4.79 Å². The van der Waals surface area contributed by atoms with Crippen molar-refractivity contribution >= 4 is 11.4 Å². The van der Waals surface area contributed by atoms with Gasteiger partial charge in [-0.25, -0.2) is 22.0 Å². The van der Waals surface area contributed by atoms with Gasteiger partial charge >= 0.3 is 0 Å². The van der Waals surface area contributed by atoms with E-state index < -0.39 is 52.3 Å². The quantitative estimate of drug-likeness (QED) is 0.178. The van der Waals surface area contributed by atoms with Crippen LogP contribution in [0.15, 0.2) is 54.6 Å². The molecule has 2 atom stereocenters. The summed E-state index contributed by atoms with van der Waals surface area (Å²) in [6, 6.07) is 11.0. The van der Waals surface area contributed by atoms with Gasteiger partial charge in [-0.05, 0) is 41.8 Å². The van der Waals surface area contributed by atoms with Crippen molar-refractivity contribution in [2.45, 2.75) is 12.3 Å². The number of carbonyl (C=O) groups is 1. The standard InChI is InChI=1S/C26H19F5O3/c1-33-21-5-3-4-16(26(21)34-2)17-10-14(13-6-8-15(27)9-7-13)11-18(17)25(32)19-12-20(28)23(30)24(31)22(19)29/h3-9,11-12,17-18H,10H2,1-2H3. The first-order chi connectivity index (χ1) is 16.3. The molecule has 3 aromatic rings. The molecule has 0 heterocycles. The van der Waals surface area contributed by atoms with E-state index in [4.69, 9.17) is 9.47 Å². The van der Waals surface area contributed by atoms with E-state index >= 15 is 0 Å². The Morgan fingerprint density at radius 1 is 0.882 bits per heavy atom. The van der Waals surface area contributed by atoms with E-state index in [0.29, 0.717) is 34.3 Å². The molecule has 0 radical (unpaired) electrons. The van der Waals surface area contributed by atoms with Crippen LogP contribution < -0.4 is 9.47 Å². The predicted molar refractivity (Wildman–Crippen MR) is 115 cm³/mol. The Bertz CT molecular complexity index is 1280. The summed E-state index contributed by atoms with van der Waals surface area (Å²) < 4.78 is 80.0. The zero-order valence-corrected chi connectivity index (χ0v) is 18.2. The summed E-state index contributed by atoms with van der Waals surface area (Å²) in [5.74, 6) is -9.81. The first-order valence-corrected chi connectivity index (χ1v) is 10.3. The third-order valence-corrected chi connectivity index (χ3v) is 5.97. The zero-order valence-electron chi connectivity index (χ0n) is 18.2. The maximum absolute atomic E-state index is 14.5. The van der Waals surface area contributed by atoms with E-state index in [9.17, 15) is 26.7 Å². The van der Waals surface area contributed by atoms with Crippen molar-refractivity contribution < 1.29 is 36.2 Å². The van der Waals surface area contributed by atoms with Crippen LogP contribution in [0.25, 0.3) is 5.57 Å². The van der Waals surface area contributed by atoms with E-state index in [1.165, 1.54) is 38.5 Å². The van der Waals surface area contributed by atoms with Crippen LogP contribution in [0.4, 0.5) is 22.0 Å². The second-order valence-corrected chi connectivity index (χ2v) is 7.83. The maximum atomic E-state index is 14.5. The number of ether oxygens (including phenoxy) is 2. The molecule has 0 N–H and O–H groups in total. The Balaban J connectivity index is 1.85. The second-order valence-electron chi connectivity index (χ2n) is 7.83. The number of Topliss-reactive ketones (excluding diaryl/α,β-unsaturated/α-hetero) is 1. The van der Waals surface area contributed by atoms with Gasteiger partial charge in [-0.1, -0.05) is 30.3 Å². The fourth-order valence-electron chi connectivity index (χ4n) is 4.34. The number of hydrogen-bond donors (Lipinski definition) is 0. The van der Waals surface area contributed by atoms with Crippen LogP contribution >= 0.6 is 0 Å². The van der Waals surface area contributed by atoms with Crippen LogP contribution in [0, 0.1) is 35.0 Å². The van der Waals surface area contributed by atoms with E-state index in [0.717, 1.165) is 0 Å². The number of methoxy groups -OCH3 is 2. The molecule has 0 saturated heterocycles. The van der Waals surface area contributed by atoms with Gasteiger partial charge < -0.3 is 9.47 Å². The summed E-state index contributed by atoms with van der Waals surface area (Å²) in [6.45, 7) is 0. The number of hydrogen-bond acceptors (Lipinski definition) is 3. The van der Waals surface area contributed by atoms with Gasteiger partial charge in [0.15, 0.2) is 40.6 Å². The number of rotatable bonds is 6. The number of carbonyl (C=O) groups excluding carboxylic acids is 1. The van der Waals surface area contributed by atoms with Gasteiger partial charge in [-0.15, -0.1) is 0 Å². The van der Waals surface area contributed by atoms with Gasteiger partial charge in [0.2, 0.25) is 0 Å². The monoisotopic (exact) mass is 474 g/mol. The Labute approximate surface area is 192 Å². The van der Waals surface area contributed by atoms with Gasteiger partial charge in [0.1, 0.15) is 5.82 Å². The van der Waals surface area contributed by atoms with E-state index in [1.54, 1.807) is 24.3 Å². The molecule has 4 rings (SSSR count). The summed E-state index contributed by atoms with van der Waals surface area (Å²) in [4.78, 5) is 13.4. The highest BCUT2D eigenvalue weighted by atomic mass is 19.2. The van der Waals surface area contributed by atoms with Gasteiger partial charge in [0, 0.05) is 17.4 Å². The van der Waals surface area contributed by atoms with Crippen molar-refractivity contribution in [3.05, 3.63) is 100 Å². The number of halogens is 5. The molecule has 0 fully saturated rings. The lowest BCUT2D eigenvalue weighted by Crippen LogP contribution is -2.21. The lowest BCUT2D eigenvalue weighted by atomic mass is 9.82. The topological polar surface area (TPSA) is 35.5 Å². The highest BCUT2D eigenvalue weighted by Crippen LogP contribution is 2.48. The number of ketones is 1. The smallest absolute Gasteiger partial charge is 0.198 e. The Morgan fingerprint density at radius 3 is 2.24 bits per heavy atom. The fraction of sp³-hybridized carbons (Fsp3) is 0.192. The SMILES string of the molecule is COc1cccc(C2CC(c3ccc(F)cc3)=CC2C(=O)c2cc(F)c(F)c(F)c2F)c1OC. The number of allylic oxidation sites excluding steroid dienone is 2. The minimum atomic E-state index is -2.06. The van der Waals surface area contributed by atoms with Crippen molar-refractivity contribution in [3.63, 3.8) is 0 Å². The molecule has 3 aromatic carbocycles. The lowest BCUT2D eigenvalue weighted by Gasteiger charge is -2.22. The molecule has 0 bridgehead atoms. The molecule has 0 saturated carbocycles. The third kappa shape index (κ3) is 4.04.